The van der Waals surface area contributed by atoms with Crippen molar-refractivity contribution in [1.82, 2.24) is 0 Å². The highest BCUT2D eigenvalue weighted by atomic mass is 16.5. The van der Waals surface area contributed by atoms with Crippen LogP contribution in [0, 0.1) is 0 Å². The van der Waals surface area contributed by atoms with Crippen molar-refractivity contribution in [3.8, 4) is 11.5 Å². The van der Waals surface area contributed by atoms with Gasteiger partial charge in [0.05, 0.1) is 13.5 Å². The highest BCUT2D eigenvalue weighted by molar-refractivity contribution is 5.87. The number of esters is 2. The molecule has 5 heteroatoms. The van der Waals surface area contributed by atoms with E-state index >= 15 is 0 Å². The van der Waals surface area contributed by atoms with Crippen LogP contribution in [0.2, 0.25) is 0 Å². The topological polar surface area (TPSA) is 61.8 Å². The van der Waals surface area contributed by atoms with Crippen molar-refractivity contribution in [3.63, 3.8) is 0 Å². The first-order valence-corrected chi connectivity index (χ1v) is 5.70. The molecule has 0 radical (unpaired) electrons. The summed E-state index contributed by atoms with van der Waals surface area (Å²) in [6.45, 7) is 4.95. The molecule has 19 heavy (non-hydrogen) atoms. The summed E-state index contributed by atoms with van der Waals surface area (Å²) in [6.07, 6.45) is -0.00888. The van der Waals surface area contributed by atoms with E-state index in [2.05, 4.69) is 6.58 Å². The molecule has 0 aliphatic rings. The van der Waals surface area contributed by atoms with Gasteiger partial charge in [-0.1, -0.05) is 6.58 Å². The SMILES string of the molecule is C=C(C)C(=O)OCCC(=O)Oc1ccc(OC)cc1. The van der Waals surface area contributed by atoms with Crippen LogP contribution in [-0.4, -0.2) is 25.7 Å². The quantitative estimate of drug-likeness (QED) is 0.447. The van der Waals surface area contributed by atoms with Crippen molar-refractivity contribution < 1.29 is 23.8 Å². The Bertz CT molecular complexity index is 461. The molecule has 1 aromatic rings. The summed E-state index contributed by atoms with van der Waals surface area (Å²) < 4.78 is 14.8. The maximum atomic E-state index is 11.5. The molecule has 0 amide bonds. The lowest BCUT2D eigenvalue weighted by Crippen LogP contribution is -2.14. The molecule has 0 atom stereocenters. The first kappa shape index (κ1) is 14.8. The summed E-state index contributed by atoms with van der Waals surface area (Å²) in [5.74, 6) is 0.101. The van der Waals surface area contributed by atoms with E-state index < -0.39 is 11.9 Å². The number of hydrogen-bond donors (Lipinski definition) is 0. The molecule has 0 unspecified atom stereocenters. The zero-order chi connectivity index (χ0) is 14.3. The van der Waals surface area contributed by atoms with Crippen LogP contribution in [0.4, 0.5) is 0 Å². The standard InChI is InChI=1S/C14H16O5/c1-10(2)14(16)18-9-8-13(15)19-12-6-4-11(17-3)5-7-12/h4-7H,1,8-9H2,2-3H3. The fraction of sp³-hybridized carbons (Fsp3) is 0.286. The minimum Gasteiger partial charge on any atom is -0.497 e. The van der Waals surface area contributed by atoms with Gasteiger partial charge < -0.3 is 14.2 Å². The van der Waals surface area contributed by atoms with Gasteiger partial charge in [0.15, 0.2) is 0 Å². The predicted octanol–water partition coefficient (Wildman–Crippen LogP) is 2.11. The molecule has 102 valence electrons. The van der Waals surface area contributed by atoms with E-state index in [9.17, 15) is 9.59 Å². The van der Waals surface area contributed by atoms with E-state index in [1.54, 1.807) is 31.4 Å². The summed E-state index contributed by atoms with van der Waals surface area (Å²) in [7, 11) is 1.55. The highest BCUT2D eigenvalue weighted by Gasteiger charge is 2.08. The normalized spacial score (nSPS) is 9.58. The molecule has 0 N–H and O–H groups in total. The van der Waals surface area contributed by atoms with Gasteiger partial charge in [0.2, 0.25) is 0 Å². The molecule has 0 aliphatic carbocycles. The number of methoxy groups -OCH3 is 1. The van der Waals surface area contributed by atoms with Crippen molar-refractivity contribution in [1.29, 1.82) is 0 Å². The molecule has 0 aliphatic heterocycles. The van der Waals surface area contributed by atoms with Crippen molar-refractivity contribution in [2.24, 2.45) is 0 Å². The van der Waals surface area contributed by atoms with Crippen molar-refractivity contribution in [2.75, 3.05) is 13.7 Å². The van der Waals surface area contributed by atoms with E-state index in [1.165, 1.54) is 6.92 Å². The van der Waals surface area contributed by atoms with Gasteiger partial charge in [-0.15, -0.1) is 0 Å². The molecule has 0 heterocycles. The third-order valence-corrected chi connectivity index (χ3v) is 2.18. The van der Waals surface area contributed by atoms with Crippen molar-refractivity contribution >= 4 is 11.9 Å². The summed E-state index contributed by atoms with van der Waals surface area (Å²) in [5, 5.41) is 0. The third-order valence-electron chi connectivity index (χ3n) is 2.18. The Labute approximate surface area is 111 Å². The Morgan fingerprint density at radius 2 is 1.74 bits per heavy atom. The summed E-state index contributed by atoms with van der Waals surface area (Å²) in [6, 6.07) is 6.61. The smallest absolute Gasteiger partial charge is 0.333 e. The number of carbonyl (C=O) groups is 2. The monoisotopic (exact) mass is 264 g/mol. The first-order valence-electron chi connectivity index (χ1n) is 5.70. The van der Waals surface area contributed by atoms with Crippen LogP contribution in [0.5, 0.6) is 11.5 Å². The fourth-order valence-electron chi connectivity index (χ4n) is 1.18. The lowest BCUT2D eigenvalue weighted by atomic mass is 10.3. The molecule has 1 aromatic carbocycles. The summed E-state index contributed by atoms with van der Waals surface area (Å²) in [5.41, 5.74) is 0.295. The Morgan fingerprint density at radius 3 is 2.26 bits per heavy atom. The van der Waals surface area contributed by atoms with Gasteiger partial charge in [0.1, 0.15) is 18.1 Å². The van der Waals surface area contributed by atoms with E-state index in [-0.39, 0.29) is 13.0 Å². The van der Waals surface area contributed by atoms with Crippen molar-refractivity contribution in [3.05, 3.63) is 36.4 Å². The molecule has 0 saturated carbocycles. The van der Waals surface area contributed by atoms with Crippen LogP contribution < -0.4 is 9.47 Å². The molecule has 5 nitrogen and oxygen atoms in total. The lowest BCUT2D eigenvalue weighted by molar-refractivity contribution is -0.142. The Morgan fingerprint density at radius 1 is 1.16 bits per heavy atom. The molecule has 0 fully saturated rings. The van der Waals surface area contributed by atoms with Crippen molar-refractivity contribution in [2.45, 2.75) is 13.3 Å². The maximum Gasteiger partial charge on any atom is 0.333 e. The minimum absolute atomic E-state index is 0.00888. The van der Waals surface area contributed by atoms with Gasteiger partial charge in [-0.05, 0) is 31.2 Å². The van der Waals surface area contributed by atoms with Crippen LogP contribution in [-0.2, 0) is 14.3 Å². The number of benzene rings is 1. The Hall–Kier alpha value is -2.30. The van der Waals surface area contributed by atoms with E-state index in [0.717, 1.165) is 0 Å². The summed E-state index contributed by atoms with van der Waals surface area (Å²) >= 11 is 0. The van der Waals surface area contributed by atoms with Gasteiger partial charge in [-0.25, -0.2) is 4.79 Å². The van der Waals surface area contributed by atoms with Gasteiger partial charge in [0, 0.05) is 5.57 Å². The molecule has 0 aromatic heterocycles. The second kappa shape index (κ2) is 7.20. The number of hydrogen-bond acceptors (Lipinski definition) is 5. The van der Waals surface area contributed by atoms with Gasteiger partial charge in [-0.3, -0.25) is 4.79 Å². The van der Waals surface area contributed by atoms with E-state index in [4.69, 9.17) is 14.2 Å². The summed E-state index contributed by atoms with van der Waals surface area (Å²) in [4.78, 5) is 22.5. The lowest BCUT2D eigenvalue weighted by Gasteiger charge is -2.06. The molecule has 1 rings (SSSR count). The number of ether oxygens (including phenoxy) is 3. The maximum absolute atomic E-state index is 11.5. The van der Waals surface area contributed by atoms with Gasteiger partial charge in [0.25, 0.3) is 0 Å². The molecule has 0 bridgehead atoms. The number of rotatable bonds is 6. The second-order valence-corrected chi connectivity index (χ2v) is 3.82. The van der Waals surface area contributed by atoms with Crippen LogP contribution in [0.25, 0.3) is 0 Å². The van der Waals surface area contributed by atoms with Crippen LogP contribution in [0.1, 0.15) is 13.3 Å². The average Bonchev–Trinajstić information content (AvgIpc) is 2.39. The average molecular weight is 264 g/mol. The third kappa shape index (κ3) is 5.25. The molecular weight excluding hydrogens is 248 g/mol. The first-order chi connectivity index (χ1) is 9.02. The highest BCUT2D eigenvalue weighted by Crippen LogP contribution is 2.17. The predicted molar refractivity (Wildman–Crippen MR) is 69.0 cm³/mol. The van der Waals surface area contributed by atoms with Gasteiger partial charge in [-0.2, -0.15) is 0 Å². The Balaban J connectivity index is 2.34. The zero-order valence-corrected chi connectivity index (χ0v) is 11.0. The van der Waals surface area contributed by atoms with Gasteiger partial charge >= 0.3 is 11.9 Å². The minimum atomic E-state index is -0.516. The number of carbonyl (C=O) groups excluding carboxylic acids is 2. The van der Waals surface area contributed by atoms with Crippen LogP contribution in [0.3, 0.4) is 0 Å². The Kier molecular flexibility index (Phi) is 5.60. The largest absolute Gasteiger partial charge is 0.497 e. The van der Waals surface area contributed by atoms with Crippen LogP contribution >= 0.6 is 0 Å². The van der Waals surface area contributed by atoms with E-state index in [1.807, 2.05) is 0 Å². The molecular formula is C14H16O5. The zero-order valence-electron chi connectivity index (χ0n) is 11.0. The second-order valence-electron chi connectivity index (χ2n) is 3.82. The molecule has 0 spiro atoms. The fourth-order valence-corrected chi connectivity index (χ4v) is 1.18. The molecule has 0 saturated heterocycles. The van der Waals surface area contributed by atoms with Crippen LogP contribution in [0.15, 0.2) is 36.4 Å². The van der Waals surface area contributed by atoms with E-state index in [0.29, 0.717) is 17.1 Å².